The zero-order valence-corrected chi connectivity index (χ0v) is 13.4. The Balaban J connectivity index is 1.99. The van der Waals surface area contributed by atoms with E-state index in [2.05, 4.69) is 17.6 Å². The second-order valence-corrected chi connectivity index (χ2v) is 7.78. The number of halogens is 1. The van der Waals surface area contributed by atoms with E-state index in [0.717, 1.165) is 13.0 Å². The van der Waals surface area contributed by atoms with Crippen molar-refractivity contribution in [2.75, 3.05) is 18.8 Å². The van der Waals surface area contributed by atoms with Crippen molar-refractivity contribution < 1.29 is 13.2 Å². The van der Waals surface area contributed by atoms with E-state index >= 15 is 0 Å². The van der Waals surface area contributed by atoms with Gasteiger partial charge < -0.3 is 10.6 Å². The Morgan fingerprint density at radius 3 is 2.67 bits per heavy atom. The van der Waals surface area contributed by atoms with Crippen molar-refractivity contribution >= 4 is 27.3 Å². The van der Waals surface area contributed by atoms with Crippen LogP contribution in [0.15, 0.2) is 29.2 Å². The van der Waals surface area contributed by atoms with Gasteiger partial charge in [-0.25, -0.2) is 8.42 Å². The lowest BCUT2D eigenvalue weighted by molar-refractivity contribution is -0.119. The Kier molecular flexibility index (Phi) is 5.24. The van der Waals surface area contributed by atoms with Crippen LogP contribution >= 0.6 is 11.6 Å². The number of carbonyl (C=O) groups is 1. The van der Waals surface area contributed by atoms with Gasteiger partial charge in [-0.1, -0.05) is 18.5 Å². The molecule has 2 unspecified atom stereocenters. The largest absolute Gasteiger partial charge is 0.351 e. The van der Waals surface area contributed by atoms with Gasteiger partial charge in [-0.3, -0.25) is 4.79 Å². The van der Waals surface area contributed by atoms with Crippen molar-refractivity contribution in [2.24, 2.45) is 5.92 Å². The Labute approximate surface area is 130 Å². The van der Waals surface area contributed by atoms with Gasteiger partial charge in [0.1, 0.15) is 5.75 Å². The number of benzene rings is 1. The molecular formula is C14H19ClN2O3S. The second-order valence-electron chi connectivity index (χ2n) is 5.36. The van der Waals surface area contributed by atoms with Gasteiger partial charge in [-0.2, -0.15) is 0 Å². The van der Waals surface area contributed by atoms with E-state index in [1.54, 1.807) is 0 Å². The minimum absolute atomic E-state index is 0.0216. The molecular weight excluding hydrogens is 312 g/mol. The van der Waals surface area contributed by atoms with Crippen molar-refractivity contribution in [3.05, 3.63) is 29.3 Å². The molecule has 2 rings (SSSR count). The standard InChI is InChI=1S/C14H19ClN2O3S/c1-10-6-7-16-8-13(10)17-14(18)9-21(19,20)12-4-2-11(15)3-5-12/h2-5,10,13,16H,6-9H2,1H3,(H,17,18). The minimum Gasteiger partial charge on any atom is -0.351 e. The van der Waals surface area contributed by atoms with Gasteiger partial charge in [0.25, 0.3) is 0 Å². The molecule has 0 aromatic heterocycles. The molecule has 21 heavy (non-hydrogen) atoms. The molecule has 0 aliphatic carbocycles. The van der Waals surface area contributed by atoms with Crippen LogP contribution in [-0.4, -0.2) is 39.2 Å². The minimum atomic E-state index is -3.64. The summed E-state index contributed by atoms with van der Waals surface area (Å²) in [6.45, 7) is 3.66. The van der Waals surface area contributed by atoms with Gasteiger partial charge in [0, 0.05) is 17.6 Å². The SMILES string of the molecule is CC1CCNCC1NC(=O)CS(=O)(=O)c1ccc(Cl)cc1. The summed E-state index contributed by atoms with van der Waals surface area (Å²) in [5, 5.41) is 6.45. The first-order chi connectivity index (χ1) is 9.88. The summed E-state index contributed by atoms with van der Waals surface area (Å²) in [6, 6.07) is 5.80. The van der Waals surface area contributed by atoms with E-state index in [9.17, 15) is 13.2 Å². The third kappa shape index (κ3) is 4.43. The molecule has 7 heteroatoms. The van der Waals surface area contributed by atoms with Crippen LogP contribution in [-0.2, 0) is 14.6 Å². The van der Waals surface area contributed by atoms with E-state index in [0.29, 0.717) is 17.5 Å². The highest BCUT2D eigenvalue weighted by Gasteiger charge is 2.25. The molecule has 0 spiro atoms. The maximum Gasteiger partial charge on any atom is 0.235 e. The molecule has 5 nitrogen and oxygen atoms in total. The molecule has 2 N–H and O–H groups in total. The van der Waals surface area contributed by atoms with Crippen LogP contribution in [0.1, 0.15) is 13.3 Å². The quantitative estimate of drug-likeness (QED) is 0.870. The van der Waals surface area contributed by atoms with Gasteiger partial charge in [0.15, 0.2) is 9.84 Å². The van der Waals surface area contributed by atoms with E-state index in [-0.39, 0.29) is 10.9 Å². The molecule has 0 radical (unpaired) electrons. The van der Waals surface area contributed by atoms with E-state index < -0.39 is 21.5 Å². The van der Waals surface area contributed by atoms with Crippen molar-refractivity contribution in [3.8, 4) is 0 Å². The van der Waals surface area contributed by atoms with E-state index in [1.165, 1.54) is 24.3 Å². The Morgan fingerprint density at radius 1 is 1.38 bits per heavy atom. The molecule has 2 atom stereocenters. The molecule has 1 aromatic carbocycles. The number of nitrogens with one attached hydrogen (secondary N) is 2. The van der Waals surface area contributed by atoms with Crippen LogP contribution in [0.5, 0.6) is 0 Å². The van der Waals surface area contributed by atoms with Crippen LogP contribution < -0.4 is 10.6 Å². The van der Waals surface area contributed by atoms with Crippen molar-refractivity contribution in [1.82, 2.24) is 10.6 Å². The number of hydrogen-bond donors (Lipinski definition) is 2. The van der Waals surface area contributed by atoms with E-state index in [1.807, 2.05) is 0 Å². The van der Waals surface area contributed by atoms with Gasteiger partial charge in [0.05, 0.1) is 4.90 Å². The molecule has 1 fully saturated rings. The highest BCUT2D eigenvalue weighted by Crippen LogP contribution is 2.16. The number of rotatable bonds is 4. The van der Waals surface area contributed by atoms with E-state index in [4.69, 9.17) is 11.6 Å². The highest BCUT2D eigenvalue weighted by atomic mass is 35.5. The summed E-state index contributed by atoms with van der Waals surface area (Å²) in [7, 11) is -3.64. The van der Waals surface area contributed by atoms with Crippen LogP contribution in [0.25, 0.3) is 0 Å². The zero-order chi connectivity index (χ0) is 15.5. The van der Waals surface area contributed by atoms with Crippen LogP contribution in [0.2, 0.25) is 5.02 Å². The summed E-state index contributed by atoms with van der Waals surface area (Å²) < 4.78 is 24.3. The van der Waals surface area contributed by atoms with Crippen molar-refractivity contribution in [2.45, 2.75) is 24.3 Å². The van der Waals surface area contributed by atoms with Crippen molar-refractivity contribution in [3.63, 3.8) is 0 Å². The van der Waals surface area contributed by atoms with Crippen molar-refractivity contribution in [1.29, 1.82) is 0 Å². The molecule has 1 aromatic rings. The normalized spacial score (nSPS) is 22.8. The average molecular weight is 331 g/mol. The Hall–Kier alpha value is -1.11. The molecule has 1 amide bonds. The predicted octanol–water partition coefficient (Wildman–Crippen LogP) is 1.23. The van der Waals surface area contributed by atoms with Gasteiger partial charge in [-0.15, -0.1) is 0 Å². The fourth-order valence-corrected chi connectivity index (χ4v) is 3.60. The van der Waals surface area contributed by atoms with Crippen LogP contribution in [0.4, 0.5) is 0 Å². The van der Waals surface area contributed by atoms with Gasteiger partial charge >= 0.3 is 0 Å². The zero-order valence-electron chi connectivity index (χ0n) is 11.8. The lowest BCUT2D eigenvalue weighted by atomic mass is 9.95. The van der Waals surface area contributed by atoms with Crippen LogP contribution in [0.3, 0.4) is 0 Å². The number of sulfone groups is 1. The number of amides is 1. The Morgan fingerprint density at radius 2 is 2.05 bits per heavy atom. The fraction of sp³-hybridized carbons (Fsp3) is 0.500. The first kappa shape index (κ1) is 16.3. The summed E-state index contributed by atoms with van der Waals surface area (Å²) in [5.74, 6) is -0.670. The topological polar surface area (TPSA) is 75.3 Å². The first-order valence-electron chi connectivity index (χ1n) is 6.87. The molecule has 1 saturated heterocycles. The monoisotopic (exact) mass is 330 g/mol. The predicted molar refractivity (Wildman–Crippen MR) is 82.1 cm³/mol. The summed E-state index contributed by atoms with van der Waals surface area (Å²) in [5.41, 5.74) is 0. The maximum absolute atomic E-state index is 12.2. The molecule has 0 saturated carbocycles. The number of hydrogen-bond acceptors (Lipinski definition) is 4. The molecule has 116 valence electrons. The fourth-order valence-electron chi connectivity index (χ4n) is 2.33. The lowest BCUT2D eigenvalue weighted by Crippen LogP contribution is -2.51. The summed E-state index contributed by atoms with van der Waals surface area (Å²) in [6.07, 6.45) is 0.967. The lowest BCUT2D eigenvalue weighted by Gasteiger charge is -2.30. The molecule has 1 aliphatic rings. The van der Waals surface area contributed by atoms with Gasteiger partial charge in [0.2, 0.25) is 5.91 Å². The smallest absolute Gasteiger partial charge is 0.235 e. The number of carbonyl (C=O) groups excluding carboxylic acids is 1. The summed E-state index contributed by atoms with van der Waals surface area (Å²) >= 11 is 5.73. The molecule has 0 bridgehead atoms. The first-order valence-corrected chi connectivity index (χ1v) is 8.90. The van der Waals surface area contributed by atoms with Gasteiger partial charge in [-0.05, 0) is 43.1 Å². The second kappa shape index (κ2) is 6.77. The molecule has 1 heterocycles. The van der Waals surface area contributed by atoms with Crippen LogP contribution in [0, 0.1) is 5.92 Å². The summed E-state index contributed by atoms with van der Waals surface area (Å²) in [4.78, 5) is 12.1. The third-order valence-corrected chi connectivity index (χ3v) is 5.55. The average Bonchev–Trinajstić information content (AvgIpc) is 2.41. The third-order valence-electron chi connectivity index (χ3n) is 3.67. The number of piperidine rings is 1. The highest BCUT2D eigenvalue weighted by molar-refractivity contribution is 7.92. The maximum atomic E-state index is 12.2. The Bertz CT molecular complexity index is 601. The molecule has 1 aliphatic heterocycles.